The van der Waals surface area contributed by atoms with Crippen molar-refractivity contribution in [3.8, 4) is 0 Å². The first-order valence-electron chi connectivity index (χ1n) is 9.41. The Balaban J connectivity index is 0.00000392. The largest absolute Gasteiger partial charge is 0.367 e. The minimum atomic E-state index is -3.16. The molecule has 160 valence electrons. The van der Waals surface area contributed by atoms with Crippen molar-refractivity contribution in [2.45, 2.75) is 32.4 Å². The summed E-state index contributed by atoms with van der Waals surface area (Å²) in [5.41, 5.74) is 1.05. The van der Waals surface area contributed by atoms with Crippen LogP contribution in [0.5, 0.6) is 0 Å². The highest BCUT2D eigenvalue weighted by Crippen LogP contribution is 2.26. The summed E-state index contributed by atoms with van der Waals surface area (Å²) in [7, 11) is -3.16. The lowest BCUT2D eigenvalue weighted by atomic mass is 10.2. The van der Waals surface area contributed by atoms with Crippen LogP contribution in [0, 0.1) is 0 Å². The van der Waals surface area contributed by atoms with Crippen molar-refractivity contribution < 1.29 is 8.42 Å². The summed E-state index contributed by atoms with van der Waals surface area (Å²) in [6, 6.07) is 7.87. The van der Waals surface area contributed by atoms with Crippen molar-refractivity contribution in [3.05, 3.63) is 29.3 Å². The molecule has 0 bridgehead atoms. The average Bonchev–Trinajstić information content (AvgIpc) is 2.60. The minimum Gasteiger partial charge on any atom is -0.367 e. The van der Waals surface area contributed by atoms with Gasteiger partial charge >= 0.3 is 0 Å². The van der Waals surface area contributed by atoms with Gasteiger partial charge in [-0.05, 0) is 39.8 Å². The number of sulfone groups is 1. The van der Waals surface area contributed by atoms with Gasteiger partial charge in [0.05, 0.1) is 27.8 Å². The summed E-state index contributed by atoms with van der Waals surface area (Å²) in [6.45, 7) is 11.5. The van der Waals surface area contributed by atoms with Gasteiger partial charge in [0, 0.05) is 32.7 Å². The Morgan fingerprint density at radius 2 is 1.79 bits per heavy atom. The van der Waals surface area contributed by atoms with Crippen LogP contribution in [0.2, 0.25) is 5.02 Å². The van der Waals surface area contributed by atoms with Crippen LogP contribution >= 0.6 is 35.6 Å². The Bertz CT molecular complexity index is 757. The van der Waals surface area contributed by atoms with Gasteiger partial charge in [-0.25, -0.2) is 8.42 Å². The number of benzene rings is 1. The third-order valence-electron chi connectivity index (χ3n) is 4.66. The standard InChI is InChI=1S/C19H31ClN4O2S.HI/c1-5-21-18(22-10-15-27(25,26)19(2,3)4)24-13-11-23(12-14-24)17-9-7-6-8-16(17)20;/h6-9H,5,10-15H2,1-4H3,(H,21,22);1H. The molecule has 28 heavy (non-hydrogen) atoms. The average molecular weight is 543 g/mol. The number of para-hydroxylation sites is 1. The number of hydrogen-bond acceptors (Lipinski definition) is 4. The number of anilines is 1. The molecule has 1 aliphatic rings. The second-order valence-corrected chi connectivity index (χ2v) is 10.9. The van der Waals surface area contributed by atoms with E-state index < -0.39 is 14.6 Å². The second-order valence-electron chi connectivity index (χ2n) is 7.59. The normalized spacial score (nSPS) is 16.0. The summed E-state index contributed by atoms with van der Waals surface area (Å²) in [6.07, 6.45) is 0. The van der Waals surface area contributed by atoms with Crippen LogP contribution in [0.15, 0.2) is 29.3 Å². The second kappa shape index (κ2) is 10.9. The minimum absolute atomic E-state index is 0. The van der Waals surface area contributed by atoms with Gasteiger partial charge in [0.25, 0.3) is 0 Å². The van der Waals surface area contributed by atoms with Crippen LogP contribution in [0.4, 0.5) is 5.69 Å². The fourth-order valence-corrected chi connectivity index (χ4v) is 4.07. The molecule has 0 aliphatic carbocycles. The molecular weight excluding hydrogens is 511 g/mol. The zero-order valence-electron chi connectivity index (χ0n) is 17.1. The lowest BCUT2D eigenvalue weighted by Gasteiger charge is -2.38. The van der Waals surface area contributed by atoms with E-state index in [-0.39, 0.29) is 36.3 Å². The number of rotatable bonds is 5. The molecule has 1 aromatic carbocycles. The van der Waals surface area contributed by atoms with E-state index in [4.69, 9.17) is 11.6 Å². The molecule has 1 saturated heterocycles. The molecule has 9 heteroatoms. The molecule has 0 amide bonds. The van der Waals surface area contributed by atoms with E-state index in [0.29, 0.717) is 0 Å². The molecule has 0 atom stereocenters. The van der Waals surface area contributed by atoms with E-state index >= 15 is 0 Å². The molecular formula is C19H32ClIN4O2S. The van der Waals surface area contributed by atoms with Gasteiger partial charge in [-0.15, -0.1) is 24.0 Å². The summed E-state index contributed by atoms with van der Waals surface area (Å²) in [5, 5.41) is 4.04. The Morgan fingerprint density at radius 3 is 2.32 bits per heavy atom. The van der Waals surface area contributed by atoms with E-state index in [2.05, 4.69) is 20.1 Å². The van der Waals surface area contributed by atoms with E-state index in [1.54, 1.807) is 20.8 Å². The van der Waals surface area contributed by atoms with Crippen LogP contribution in [0.3, 0.4) is 0 Å². The SMILES string of the molecule is CCNC(=NCCS(=O)(=O)C(C)(C)C)N1CCN(c2ccccc2Cl)CC1.I. The quantitative estimate of drug-likeness (QED) is 0.352. The monoisotopic (exact) mass is 542 g/mol. The van der Waals surface area contributed by atoms with Gasteiger partial charge < -0.3 is 15.1 Å². The van der Waals surface area contributed by atoms with E-state index in [1.807, 2.05) is 31.2 Å². The Labute approximate surface area is 191 Å². The van der Waals surface area contributed by atoms with Gasteiger partial charge in [-0.2, -0.15) is 0 Å². The van der Waals surface area contributed by atoms with E-state index in [0.717, 1.165) is 49.4 Å². The summed E-state index contributed by atoms with van der Waals surface area (Å²) >= 11 is 6.31. The van der Waals surface area contributed by atoms with Gasteiger partial charge in [-0.1, -0.05) is 23.7 Å². The number of guanidine groups is 1. The van der Waals surface area contributed by atoms with Crippen LogP contribution in [0.25, 0.3) is 0 Å². The lowest BCUT2D eigenvalue weighted by molar-refractivity contribution is 0.373. The Hall–Kier alpha value is -0.740. The van der Waals surface area contributed by atoms with Crippen LogP contribution in [-0.2, 0) is 9.84 Å². The molecule has 1 heterocycles. The highest BCUT2D eigenvalue weighted by molar-refractivity contribution is 14.0. The molecule has 1 N–H and O–H groups in total. The molecule has 0 unspecified atom stereocenters. The summed E-state index contributed by atoms with van der Waals surface area (Å²) in [5.74, 6) is 0.839. The zero-order chi connectivity index (χ0) is 20.1. The van der Waals surface area contributed by atoms with Crippen molar-refractivity contribution in [2.24, 2.45) is 4.99 Å². The number of aliphatic imine (C=N–C) groups is 1. The fraction of sp³-hybridized carbons (Fsp3) is 0.632. The molecule has 0 aromatic heterocycles. The highest BCUT2D eigenvalue weighted by atomic mass is 127. The predicted octanol–water partition coefficient (Wildman–Crippen LogP) is 3.26. The first kappa shape index (κ1) is 25.3. The van der Waals surface area contributed by atoms with Crippen LogP contribution < -0.4 is 10.2 Å². The fourth-order valence-electron chi connectivity index (χ4n) is 2.87. The van der Waals surface area contributed by atoms with Crippen LogP contribution in [0.1, 0.15) is 27.7 Å². The van der Waals surface area contributed by atoms with Crippen molar-refractivity contribution >= 4 is 57.1 Å². The number of nitrogens with zero attached hydrogens (tertiary/aromatic N) is 3. The maximum absolute atomic E-state index is 12.3. The van der Waals surface area contributed by atoms with Gasteiger partial charge in [-0.3, -0.25) is 4.99 Å². The number of halogens is 2. The lowest BCUT2D eigenvalue weighted by Crippen LogP contribution is -2.52. The molecule has 0 radical (unpaired) electrons. The molecule has 6 nitrogen and oxygen atoms in total. The number of hydrogen-bond donors (Lipinski definition) is 1. The smallest absolute Gasteiger partial charge is 0.194 e. The summed E-state index contributed by atoms with van der Waals surface area (Å²) in [4.78, 5) is 9.01. The number of piperazine rings is 1. The predicted molar refractivity (Wildman–Crippen MR) is 130 cm³/mol. The number of nitrogens with one attached hydrogen (secondary N) is 1. The maximum Gasteiger partial charge on any atom is 0.194 e. The van der Waals surface area contributed by atoms with Crippen molar-refractivity contribution in [2.75, 3.05) is 49.9 Å². The first-order chi connectivity index (χ1) is 12.7. The molecule has 1 aromatic rings. The van der Waals surface area contributed by atoms with Crippen molar-refractivity contribution in [3.63, 3.8) is 0 Å². The molecule has 1 aliphatic heterocycles. The third-order valence-corrected chi connectivity index (χ3v) is 7.57. The van der Waals surface area contributed by atoms with E-state index in [1.165, 1.54) is 0 Å². The van der Waals surface area contributed by atoms with Crippen molar-refractivity contribution in [1.29, 1.82) is 0 Å². The first-order valence-corrected chi connectivity index (χ1v) is 11.4. The maximum atomic E-state index is 12.3. The zero-order valence-corrected chi connectivity index (χ0v) is 21.0. The summed E-state index contributed by atoms with van der Waals surface area (Å²) < 4.78 is 23.8. The molecule has 0 spiro atoms. The molecule has 0 saturated carbocycles. The Morgan fingerprint density at radius 1 is 1.18 bits per heavy atom. The van der Waals surface area contributed by atoms with E-state index in [9.17, 15) is 8.42 Å². The topological polar surface area (TPSA) is 65.0 Å². The Kier molecular flexibility index (Phi) is 9.82. The van der Waals surface area contributed by atoms with Gasteiger partial charge in [0.2, 0.25) is 0 Å². The van der Waals surface area contributed by atoms with Gasteiger partial charge in [0.1, 0.15) is 0 Å². The van der Waals surface area contributed by atoms with Crippen molar-refractivity contribution in [1.82, 2.24) is 10.2 Å². The molecule has 2 rings (SSSR count). The molecule has 1 fully saturated rings. The third kappa shape index (κ3) is 6.66. The van der Waals surface area contributed by atoms with Gasteiger partial charge in [0.15, 0.2) is 15.8 Å². The van der Waals surface area contributed by atoms with Crippen LogP contribution in [-0.4, -0.2) is 69.0 Å². The highest BCUT2D eigenvalue weighted by Gasteiger charge is 2.28.